The number of carbonyl (C=O) groups is 1. The first kappa shape index (κ1) is 29.2. The molecule has 0 bridgehead atoms. The number of aromatic nitrogens is 2. The number of amides is 1. The first-order valence-electron chi connectivity index (χ1n) is 11.9. The van der Waals surface area contributed by atoms with Crippen molar-refractivity contribution in [3.05, 3.63) is 58.1 Å². The second kappa shape index (κ2) is 11.8. The van der Waals surface area contributed by atoms with Crippen molar-refractivity contribution < 1.29 is 31.5 Å². The van der Waals surface area contributed by atoms with Gasteiger partial charge in [-0.05, 0) is 50.1 Å². The molecule has 3 N–H and O–H groups in total. The van der Waals surface area contributed by atoms with E-state index in [0.717, 1.165) is 27.8 Å². The summed E-state index contributed by atoms with van der Waals surface area (Å²) in [5, 5.41) is 15.2. The molecule has 4 rings (SSSR count). The zero-order valence-corrected chi connectivity index (χ0v) is 23.0. The number of anilines is 1. The van der Waals surface area contributed by atoms with Crippen LogP contribution >= 0.6 is 22.9 Å². The number of nitrogens with zero attached hydrogens (tertiary/aromatic N) is 3. The third kappa shape index (κ3) is 7.06. The molecule has 0 radical (unpaired) electrons. The maximum atomic E-state index is 13.1. The second-order valence-corrected chi connectivity index (χ2v) is 12.8. The molecule has 1 aromatic carbocycles. The maximum Gasteiger partial charge on any atom is 0.416 e. The molecule has 3 aromatic rings. The molecule has 15 heteroatoms. The molecular weight excluding hydrogens is 579 g/mol. The Labute approximate surface area is 232 Å². The molecule has 0 aliphatic carbocycles. The molecule has 1 unspecified atom stereocenters. The Morgan fingerprint density at radius 1 is 1.23 bits per heavy atom. The van der Waals surface area contributed by atoms with Crippen molar-refractivity contribution in [1.29, 1.82) is 0 Å². The van der Waals surface area contributed by atoms with Crippen molar-refractivity contribution in [2.75, 3.05) is 18.4 Å². The minimum absolute atomic E-state index is 0.0537. The van der Waals surface area contributed by atoms with Crippen LogP contribution in [-0.4, -0.2) is 58.9 Å². The van der Waals surface area contributed by atoms with Gasteiger partial charge in [0.1, 0.15) is 10.3 Å². The van der Waals surface area contributed by atoms with Crippen LogP contribution in [0.15, 0.2) is 46.7 Å². The number of nitrogens with one attached hydrogen (secondary N) is 2. The summed E-state index contributed by atoms with van der Waals surface area (Å²) in [7, 11) is -3.91. The molecule has 3 heterocycles. The van der Waals surface area contributed by atoms with E-state index in [1.54, 1.807) is 6.92 Å². The minimum Gasteiger partial charge on any atom is -0.392 e. The summed E-state index contributed by atoms with van der Waals surface area (Å²) in [6, 6.07) is 7.94. The molecule has 2 aromatic heterocycles. The lowest BCUT2D eigenvalue weighted by molar-refractivity contribution is -0.137. The second-order valence-electron chi connectivity index (χ2n) is 8.92. The van der Waals surface area contributed by atoms with Crippen LogP contribution in [0.2, 0.25) is 4.34 Å². The average Bonchev–Trinajstić information content (AvgIpc) is 3.56. The van der Waals surface area contributed by atoms with Gasteiger partial charge >= 0.3 is 6.18 Å². The summed E-state index contributed by atoms with van der Waals surface area (Å²) in [4.78, 5) is 21.7. The molecular formula is C24H25ClF3N5O4S2. The highest BCUT2D eigenvalue weighted by Gasteiger charge is 2.40. The van der Waals surface area contributed by atoms with Gasteiger partial charge in [0.2, 0.25) is 11.9 Å². The zero-order valence-electron chi connectivity index (χ0n) is 20.6. The van der Waals surface area contributed by atoms with Crippen LogP contribution < -0.4 is 10.6 Å². The van der Waals surface area contributed by atoms with E-state index in [2.05, 4.69) is 20.6 Å². The van der Waals surface area contributed by atoms with Crippen molar-refractivity contribution in [3.8, 4) is 11.3 Å². The first-order valence-corrected chi connectivity index (χ1v) is 14.5. The third-order valence-corrected chi connectivity index (χ3v) is 9.51. The number of rotatable bonds is 9. The van der Waals surface area contributed by atoms with E-state index in [4.69, 9.17) is 11.6 Å². The standard InChI is InChI=1S/C24H25ClF3N5O4S2/c1-14(34)12-30-23-31-17(11-18(32-23)15-4-6-16(7-5-15)24(26,27)28)13-29-22(35)19-3-2-10-33(19)39(36,37)21-9-8-20(25)38-21/h4-9,11,14,19,34H,2-3,10,12-13H2,1H3,(H,29,35)(H,30,31,32)/t14?,19-/m0/s1. The normalized spacial score (nSPS) is 17.2. The Balaban J connectivity index is 1.53. The van der Waals surface area contributed by atoms with Gasteiger partial charge in [-0.25, -0.2) is 18.4 Å². The van der Waals surface area contributed by atoms with Crippen molar-refractivity contribution in [1.82, 2.24) is 19.6 Å². The minimum atomic E-state index is -4.49. The quantitative estimate of drug-likeness (QED) is 0.336. The van der Waals surface area contributed by atoms with Gasteiger partial charge in [0.15, 0.2) is 0 Å². The van der Waals surface area contributed by atoms with Gasteiger partial charge in [0.25, 0.3) is 10.0 Å². The van der Waals surface area contributed by atoms with Crippen LogP contribution in [0.1, 0.15) is 31.0 Å². The van der Waals surface area contributed by atoms with Crippen molar-refractivity contribution in [2.24, 2.45) is 0 Å². The van der Waals surface area contributed by atoms with Crippen LogP contribution in [0.4, 0.5) is 19.1 Å². The van der Waals surface area contributed by atoms with E-state index >= 15 is 0 Å². The number of halogens is 4. The number of aliphatic hydroxyl groups is 1. The predicted molar refractivity (Wildman–Crippen MR) is 141 cm³/mol. The number of carbonyl (C=O) groups excluding carboxylic acids is 1. The fourth-order valence-corrected chi connectivity index (χ4v) is 7.29. The van der Waals surface area contributed by atoms with E-state index in [0.29, 0.717) is 34.1 Å². The Morgan fingerprint density at radius 3 is 2.56 bits per heavy atom. The molecule has 0 saturated carbocycles. The predicted octanol–water partition coefficient (Wildman–Crippen LogP) is 4.14. The molecule has 1 aliphatic rings. The maximum absolute atomic E-state index is 13.1. The highest BCUT2D eigenvalue weighted by molar-refractivity contribution is 7.91. The summed E-state index contributed by atoms with van der Waals surface area (Å²) in [5.74, 6) is -0.399. The number of thiophene rings is 1. The van der Waals surface area contributed by atoms with Crippen LogP contribution in [0.25, 0.3) is 11.3 Å². The zero-order chi connectivity index (χ0) is 28.4. The Bertz CT molecular complexity index is 1430. The highest BCUT2D eigenvalue weighted by Crippen LogP contribution is 2.33. The molecule has 0 spiro atoms. The number of hydrogen-bond donors (Lipinski definition) is 3. The van der Waals surface area contributed by atoms with E-state index in [1.165, 1.54) is 30.3 Å². The van der Waals surface area contributed by atoms with Gasteiger partial charge in [-0.3, -0.25) is 4.79 Å². The number of benzene rings is 1. The topological polar surface area (TPSA) is 125 Å². The summed E-state index contributed by atoms with van der Waals surface area (Å²) < 4.78 is 66.6. The van der Waals surface area contributed by atoms with Crippen LogP contribution in [-0.2, 0) is 27.5 Å². The number of hydrogen-bond acceptors (Lipinski definition) is 8. The average molecular weight is 604 g/mol. The van der Waals surface area contributed by atoms with Gasteiger partial charge in [-0.1, -0.05) is 23.7 Å². The summed E-state index contributed by atoms with van der Waals surface area (Å²) >= 11 is 6.82. The smallest absolute Gasteiger partial charge is 0.392 e. The van der Waals surface area contributed by atoms with Crippen molar-refractivity contribution >= 4 is 44.8 Å². The number of aliphatic hydroxyl groups excluding tert-OH is 1. The van der Waals surface area contributed by atoms with E-state index in [-0.39, 0.29) is 29.8 Å². The third-order valence-electron chi connectivity index (χ3n) is 5.90. The van der Waals surface area contributed by atoms with Crippen LogP contribution in [0, 0.1) is 0 Å². The fraction of sp³-hybridized carbons (Fsp3) is 0.375. The molecule has 2 atom stereocenters. The monoisotopic (exact) mass is 603 g/mol. The summed E-state index contributed by atoms with van der Waals surface area (Å²) in [5.41, 5.74) is 0.219. The Morgan fingerprint density at radius 2 is 1.95 bits per heavy atom. The van der Waals surface area contributed by atoms with Gasteiger partial charge in [-0.15, -0.1) is 11.3 Å². The fourth-order valence-electron chi connectivity index (χ4n) is 4.02. The van der Waals surface area contributed by atoms with Gasteiger partial charge in [0, 0.05) is 18.7 Å². The molecule has 1 saturated heterocycles. The Hall–Kier alpha value is -2.78. The van der Waals surface area contributed by atoms with Gasteiger partial charge in [-0.2, -0.15) is 17.5 Å². The lowest BCUT2D eigenvalue weighted by Gasteiger charge is -2.22. The molecule has 1 amide bonds. The SMILES string of the molecule is CC(O)CNc1nc(CNC(=O)[C@@H]2CCCN2S(=O)(=O)c2ccc(Cl)s2)cc(-c2ccc(C(F)(F)F)cc2)n1. The van der Waals surface area contributed by atoms with Crippen molar-refractivity contribution in [3.63, 3.8) is 0 Å². The van der Waals surface area contributed by atoms with Crippen LogP contribution in [0.3, 0.4) is 0 Å². The highest BCUT2D eigenvalue weighted by atomic mass is 35.5. The summed E-state index contributed by atoms with van der Waals surface area (Å²) in [6.07, 6.45) is -4.36. The van der Waals surface area contributed by atoms with Crippen LogP contribution in [0.5, 0.6) is 0 Å². The van der Waals surface area contributed by atoms with E-state index in [9.17, 15) is 31.5 Å². The molecule has 210 valence electrons. The number of sulfonamides is 1. The molecule has 39 heavy (non-hydrogen) atoms. The lowest BCUT2D eigenvalue weighted by Crippen LogP contribution is -2.45. The lowest BCUT2D eigenvalue weighted by atomic mass is 10.1. The van der Waals surface area contributed by atoms with E-state index in [1.807, 2.05) is 0 Å². The van der Waals surface area contributed by atoms with Crippen molar-refractivity contribution in [2.45, 2.75) is 48.8 Å². The largest absolute Gasteiger partial charge is 0.416 e. The van der Waals surface area contributed by atoms with Gasteiger partial charge < -0.3 is 15.7 Å². The molecule has 1 aliphatic heterocycles. The Kier molecular flexibility index (Phi) is 8.81. The van der Waals surface area contributed by atoms with Gasteiger partial charge in [0.05, 0.1) is 33.9 Å². The first-order chi connectivity index (χ1) is 18.3. The van der Waals surface area contributed by atoms with E-state index < -0.39 is 39.8 Å². The number of alkyl halides is 3. The molecule has 1 fully saturated rings. The molecule has 9 nitrogen and oxygen atoms in total. The summed E-state index contributed by atoms with van der Waals surface area (Å²) in [6.45, 7) is 1.77.